The van der Waals surface area contributed by atoms with E-state index in [1.165, 1.54) is 0 Å². The van der Waals surface area contributed by atoms with Crippen molar-refractivity contribution in [1.29, 1.82) is 0 Å². The van der Waals surface area contributed by atoms with Gasteiger partial charge in [0.25, 0.3) is 0 Å². The zero-order chi connectivity index (χ0) is 18.3. The molecule has 1 aliphatic rings. The molecule has 2 aromatic heterocycles. The molecule has 0 spiro atoms. The number of hydrogen-bond donors (Lipinski definition) is 2. The van der Waals surface area contributed by atoms with Gasteiger partial charge in [-0.2, -0.15) is 10.1 Å². The molecule has 3 heterocycles. The Morgan fingerprint density at radius 2 is 1.93 bits per heavy atom. The standard InChI is InChI=1S/C19H21N7O/c1-2-6-17(26-8-10-27-11-9-26)16(5-1)23-18-14-22-25-19(24-18)21-13-15-4-3-7-20-12-15/h1-7,12,14H,8-11,13H2,(H2,21,23,24,25). The van der Waals surface area contributed by atoms with Crippen LogP contribution in [-0.2, 0) is 11.3 Å². The number of ether oxygens (including phenoxy) is 1. The first-order valence-electron chi connectivity index (χ1n) is 8.90. The Balaban J connectivity index is 1.47. The fourth-order valence-electron chi connectivity index (χ4n) is 2.92. The summed E-state index contributed by atoms with van der Waals surface area (Å²) in [7, 11) is 0. The Hall–Kier alpha value is -3.26. The van der Waals surface area contributed by atoms with Crippen molar-refractivity contribution in [3.05, 3.63) is 60.6 Å². The summed E-state index contributed by atoms with van der Waals surface area (Å²) in [6.45, 7) is 3.82. The van der Waals surface area contributed by atoms with E-state index in [0.717, 1.165) is 43.2 Å². The van der Waals surface area contributed by atoms with Gasteiger partial charge >= 0.3 is 0 Å². The van der Waals surface area contributed by atoms with Gasteiger partial charge < -0.3 is 20.3 Å². The number of benzene rings is 1. The molecular weight excluding hydrogens is 342 g/mol. The second-order valence-electron chi connectivity index (χ2n) is 6.12. The van der Waals surface area contributed by atoms with E-state index in [1.807, 2.05) is 30.3 Å². The third-order valence-electron chi connectivity index (χ3n) is 4.25. The van der Waals surface area contributed by atoms with E-state index in [4.69, 9.17) is 4.74 Å². The highest BCUT2D eigenvalue weighted by molar-refractivity contribution is 5.74. The molecule has 2 N–H and O–H groups in total. The molecule has 0 bridgehead atoms. The van der Waals surface area contributed by atoms with E-state index in [9.17, 15) is 0 Å². The van der Waals surface area contributed by atoms with Gasteiger partial charge in [-0.15, -0.1) is 5.10 Å². The fourth-order valence-corrected chi connectivity index (χ4v) is 2.92. The highest BCUT2D eigenvalue weighted by Crippen LogP contribution is 2.28. The molecule has 0 aliphatic carbocycles. The minimum atomic E-state index is 0.465. The van der Waals surface area contributed by atoms with E-state index in [0.29, 0.717) is 18.3 Å². The lowest BCUT2D eigenvalue weighted by Gasteiger charge is -2.30. The first kappa shape index (κ1) is 17.2. The number of para-hydroxylation sites is 2. The van der Waals surface area contributed by atoms with E-state index < -0.39 is 0 Å². The third kappa shape index (κ3) is 4.48. The number of morpholine rings is 1. The van der Waals surface area contributed by atoms with Gasteiger partial charge in [0, 0.05) is 32.0 Å². The Morgan fingerprint density at radius 1 is 1.04 bits per heavy atom. The molecule has 1 aliphatic heterocycles. The maximum Gasteiger partial charge on any atom is 0.244 e. The Morgan fingerprint density at radius 3 is 2.78 bits per heavy atom. The summed E-state index contributed by atoms with van der Waals surface area (Å²) in [6.07, 6.45) is 5.17. The molecule has 1 aromatic carbocycles. The summed E-state index contributed by atoms with van der Waals surface area (Å²) in [5, 5.41) is 14.6. The first-order chi connectivity index (χ1) is 13.4. The van der Waals surface area contributed by atoms with Crippen LogP contribution in [0, 0.1) is 0 Å². The van der Waals surface area contributed by atoms with Crippen molar-refractivity contribution in [2.45, 2.75) is 6.54 Å². The molecule has 27 heavy (non-hydrogen) atoms. The maximum absolute atomic E-state index is 5.45. The minimum absolute atomic E-state index is 0.465. The topological polar surface area (TPSA) is 88.1 Å². The summed E-state index contributed by atoms with van der Waals surface area (Å²) in [4.78, 5) is 10.9. The van der Waals surface area contributed by atoms with E-state index in [-0.39, 0.29) is 0 Å². The summed E-state index contributed by atoms with van der Waals surface area (Å²) < 4.78 is 5.45. The second-order valence-corrected chi connectivity index (χ2v) is 6.12. The van der Waals surface area contributed by atoms with Crippen LogP contribution in [0.2, 0.25) is 0 Å². The van der Waals surface area contributed by atoms with Gasteiger partial charge in [-0.25, -0.2) is 0 Å². The lowest BCUT2D eigenvalue weighted by molar-refractivity contribution is 0.123. The van der Waals surface area contributed by atoms with Crippen LogP contribution in [0.4, 0.5) is 23.1 Å². The van der Waals surface area contributed by atoms with E-state index in [2.05, 4.69) is 41.8 Å². The normalized spacial score (nSPS) is 14.0. The molecular formula is C19H21N7O. The Bertz CT molecular complexity index is 869. The molecule has 3 aromatic rings. The number of anilines is 4. The molecule has 138 valence electrons. The number of aromatic nitrogens is 4. The molecule has 1 saturated heterocycles. The van der Waals surface area contributed by atoms with Crippen LogP contribution in [0.1, 0.15) is 5.56 Å². The number of nitrogens with zero attached hydrogens (tertiary/aromatic N) is 5. The molecule has 4 rings (SSSR count). The van der Waals surface area contributed by atoms with Crippen molar-refractivity contribution in [2.75, 3.05) is 41.8 Å². The number of rotatable bonds is 6. The molecule has 8 heteroatoms. The number of pyridine rings is 1. The predicted molar refractivity (Wildman–Crippen MR) is 104 cm³/mol. The SMILES string of the molecule is c1cncc(CNc2nncc(Nc3ccccc3N3CCOCC3)n2)c1. The summed E-state index contributed by atoms with van der Waals surface area (Å²) >= 11 is 0. The number of nitrogens with one attached hydrogen (secondary N) is 2. The molecule has 0 saturated carbocycles. The van der Waals surface area contributed by atoms with Crippen LogP contribution in [0.5, 0.6) is 0 Å². The summed E-state index contributed by atoms with van der Waals surface area (Å²) in [6, 6.07) is 12.1. The molecule has 8 nitrogen and oxygen atoms in total. The summed E-state index contributed by atoms with van der Waals surface area (Å²) in [5.74, 6) is 1.10. The fraction of sp³-hybridized carbons (Fsp3) is 0.263. The minimum Gasteiger partial charge on any atom is -0.378 e. The third-order valence-corrected chi connectivity index (χ3v) is 4.25. The van der Waals surface area contributed by atoms with Gasteiger partial charge in [-0.05, 0) is 23.8 Å². The average molecular weight is 363 g/mol. The quantitative estimate of drug-likeness (QED) is 0.690. The predicted octanol–water partition coefficient (Wildman–Crippen LogP) is 2.46. The molecule has 0 amide bonds. The van der Waals surface area contributed by atoms with Crippen molar-refractivity contribution < 1.29 is 4.74 Å². The van der Waals surface area contributed by atoms with E-state index >= 15 is 0 Å². The first-order valence-corrected chi connectivity index (χ1v) is 8.90. The molecule has 0 radical (unpaired) electrons. The lowest BCUT2D eigenvalue weighted by Crippen LogP contribution is -2.36. The van der Waals surface area contributed by atoms with Crippen LogP contribution in [0.25, 0.3) is 0 Å². The largest absolute Gasteiger partial charge is 0.378 e. The van der Waals surface area contributed by atoms with Gasteiger partial charge in [0.1, 0.15) is 0 Å². The molecule has 0 atom stereocenters. The van der Waals surface area contributed by atoms with Crippen molar-refractivity contribution in [2.24, 2.45) is 0 Å². The monoisotopic (exact) mass is 363 g/mol. The van der Waals surface area contributed by atoms with Crippen LogP contribution in [-0.4, -0.2) is 46.5 Å². The van der Waals surface area contributed by atoms with Gasteiger partial charge in [0.15, 0.2) is 5.82 Å². The van der Waals surface area contributed by atoms with Crippen LogP contribution >= 0.6 is 0 Å². The maximum atomic E-state index is 5.45. The molecule has 1 fully saturated rings. The highest BCUT2D eigenvalue weighted by atomic mass is 16.5. The smallest absolute Gasteiger partial charge is 0.244 e. The lowest BCUT2D eigenvalue weighted by atomic mass is 10.2. The van der Waals surface area contributed by atoms with Crippen molar-refractivity contribution in [1.82, 2.24) is 20.2 Å². The second kappa shape index (κ2) is 8.41. The van der Waals surface area contributed by atoms with Gasteiger partial charge in [0.05, 0.1) is 30.8 Å². The summed E-state index contributed by atoms with van der Waals surface area (Å²) in [5.41, 5.74) is 3.17. The van der Waals surface area contributed by atoms with Gasteiger partial charge in [0.2, 0.25) is 5.95 Å². The van der Waals surface area contributed by atoms with Crippen LogP contribution < -0.4 is 15.5 Å². The molecule has 0 unspecified atom stereocenters. The average Bonchev–Trinajstić information content (AvgIpc) is 2.74. The zero-order valence-corrected chi connectivity index (χ0v) is 14.9. The van der Waals surface area contributed by atoms with Crippen molar-refractivity contribution in [3.8, 4) is 0 Å². The van der Waals surface area contributed by atoms with Crippen LogP contribution in [0.3, 0.4) is 0 Å². The zero-order valence-electron chi connectivity index (χ0n) is 14.9. The van der Waals surface area contributed by atoms with Gasteiger partial charge in [-0.3, -0.25) is 4.98 Å². The highest BCUT2D eigenvalue weighted by Gasteiger charge is 2.15. The Kier molecular flexibility index (Phi) is 5.35. The Labute approximate surface area is 157 Å². The van der Waals surface area contributed by atoms with Crippen molar-refractivity contribution >= 4 is 23.1 Å². The van der Waals surface area contributed by atoms with Gasteiger partial charge in [-0.1, -0.05) is 18.2 Å². The van der Waals surface area contributed by atoms with E-state index in [1.54, 1.807) is 18.6 Å². The number of hydrogen-bond acceptors (Lipinski definition) is 8. The van der Waals surface area contributed by atoms with Crippen LogP contribution in [0.15, 0.2) is 55.0 Å². The van der Waals surface area contributed by atoms with Crippen molar-refractivity contribution in [3.63, 3.8) is 0 Å².